The number of carbonyl (C=O) groups excluding carboxylic acids is 1. The summed E-state index contributed by atoms with van der Waals surface area (Å²) in [6.07, 6.45) is 7.11. The van der Waals surface area contributed by atoms with Crippen LogP contribution in [-0.2, 0) is 30.2 Å². The van der Waals surface area contributed by atoms with Crippen LogP contribution in [0.3, 0.4) is 0 Å². The van der Waals surface area contributed by atoms with Crippen LogP contribution in [0.1, 0.15) is 43.4 Å². The van der Waals surface area contributed by atoms with Gasteiger partial charge in [0.15, 0.2) is 0 Å². The number of nitrogens with zero attached hydrogens (tertiary/aromatic N) is 3. The summed E-state index contributed by atoms with van der Waals surface area (Å²) in [5.74, 6) is 0.464. The maximum absolute atomic E-state index is 13.2. The van der Waals surface area contributed by atoms with E-state index < -0.39 is 0 Å². The number of aryl methyl sites for hydroxylation is 2. The molecule has 2 aliphatic carbocycles. The Morgan fingerprint density at radius 2 is 2.21 bits per heavy atom. The second-order valence-electron chi connectivity index (χ2n) is 7.65. The van der Waals surface area contributed by atoms with Crippen LogP contribution in [0.4, 0.5) is 0 Å². The third-order valence-electron chi connectivity index (χ3n) is 5.79. The Bertz CT molecular complexity index is 779. The zero-order chi connectivity index (χ0) is 16.9. The minimum Gasteiger partial charge on any atom is -0.336 e. The van der Waals surface area contributed by atoms with Crippen molar-refractivity contribution < 1.29 is 4.79 Å². The van der Waals surface area contributed by atoms with Crippen LogP contribution in [0.15, 0.2) is 36.7 Å². The number of rotatable bonds is 4. The van der Waals surface area contributed by atoms with Crippen molar-refractivity contribution in [2.24, 2.45) is 13.0 Å². The largest absolute Gasteiger partial charge is 0.336 e. The van der Waals surface area contributed by atoms with E-state index in [4.69, 9.17) is 0 Å². The molecule has 1 fully saturated rings. The van der Waals surface area contributed by atoms with Crippen LogP contribution in [0, 0.1) is 5.92 Å². The van der Waals surface area contributed by atoms with Gasteiger partial charge in [0, 0.05) is 42.7 Å². The number of hydrogen-bond acceptors (Lipinski definition) is 2. The van der Waals surface area contributed by atoms with E-state index >= 15 is 0 Å². The van der Waals surface area contributed by atoms with Crippen molar-refractivity contribution in [1.29, 1.82) is 0 Å². The number of carbonyl (C=O) groups is 1. The van der Waals surface area contributed by atoms with Gasteiger partial charge in [-0.2, -0.15) is 5.10 Å². The fourth-order valence-corrected chi connectivity index (χ4v) is 4.38. The summed E-state index contributed by atoms with van der Waals surface area (Å²) in [7, 11) is 1.91. The molecule has 0 bridgehead atoms. The molecule has 4 rings (SSSR count). The molecule has 4 nitrogen and oxygen atoms in total. The molecule has 24 heavy (non-hydrogen) atoms. The van der Waals surface area contributed by atoms with Crippen molar-refractivity contribution in [2.45, 2.75) is 51.1 Å². The number of benzene rings is 1. The Hall–Kier alpha value is -2.10. The lowest BCUT2D eigenvalue weighted by Crippen LogP contribution is -2.38. The van der Waals surface area contributed by atoms with Gasteiger partial charge in [-0.15, -0.1) is 0 Å². The third kappa shape index (κ3) is 2.36. The lowest BCUT2D eigenvalue weighted by atomic mass is 9.95. The predicted molar refractivity (Wildman–Crippen MR) is 93.4 cm³/mol. The summed E-state index contributed by atoms with van der Waals surface area (Å²) >= 11 is 0. The summed E-state index contributed by atoms with van der Waals surface area (Å²) in [4.78, 5) is 15.3. The summed E-state index contributed by atoms with van der Waals surface area (Å²) in [5, 5.41) is 4.23. The Morgan fingerprint density at radius 1 is 1.42 bits per heavy atom. The molecule has 0 radical (unpaired) electrons. The van der Waals surface area contributed by atoms with Gasteiger partial charge in [0.25, 0.3) is 0 Å². The smallest absolute Gasteiger partial charge is 0.227 e. The highest BCUT2D eigenvalue weighted by molar-refractivity contribution is 5.85. The highest BCUT2D eigenvalue weighted by atomic mass is 16.2. The highest BCUT2D eigenvalue weighted by Crippen LogP contribution is 2.62. The number of fused-ring (bicyclic) bond motifs is 2. The molecule has 1 spiro atoms. The maximum atomic E-state index is 13.2. The Kier molecular flexibility index (Phi) is 3.52. The number of amides is 1. The zero-order valence-corrected chi connectivity index (χ0v) is 14.7. The van der Waals surface area contributed by atoms with Crippen molar-refractivity contribution in [3.05, 3.63) is 53.3 Å². The fourth-order valence-electron chi connectivity index (χ4n) is 4.38. The molecule has 1 saturated carbocycles. The van der Waals surface area contributed by atoms with E-state index in [1.165, 1.54) is 11.1 Å². The van der Waals surface area contributed by atoms with Gasteiger partial charge in [-0.1, -0.05) is 24.3 Å². The van der Waals surface area contributed by atoms with Crippen molar-refractivity contribution >= 4 is 5.91 Å². The van der Waals surface area contributed by atoms with Crippen molar-refractivity contribution in [2.75, 3.05) is 0 Å². The Labute approximate surface area is 143 Å². The standard InChI is InChI=1S/C20H25N3O/c1-14(2)23(13-15-11-21-22(3)12-15)19(24)18-10-20(18)9-8-16-6-4-5-7-17(16)20/h4-7,11-12,14,18H,8-10,13H2,1-3H3/t18-,20-/m1/s1. The van der Waals surface area contributed by atoms with E-state index in [0.717, 1.165) is 24.8 Å². The minimum absolute atomic E-state index is 0.121. The molecule has 1 aromatic heterocycles. The van der Waals surface area contributed by atoms with E-state index in [-0.39, 0.29) is 17.4 Å². The molecule has 0 saturated heterocycles. The van der Waals surface area contributed by atoms with Gasteiger partial charge < -0.3 is 4.90 Å². The normalized spacial score (nSPS) is 24.4. The van der Waals surface area contributed by atoms with Gasteiger partial charge in [0.05, 0.1) is 6.20 Å². The van der Waals surface area contributed by atoms with Gasteiger partial charge >= 0.3 is 0 Å². The third-order valence-corrected chi connectivity index (χ3v) is 5.79. The number of hydrogen-bond donors (Lipinski definition) is 0. The Balaban J connectivity index is 1.55. The van der Waals surface area contributed by atoms with E-state index in [1.807, 2.05) is 24.3 Å². The second kappa shape index (κ2) is 5.47. The van der Waals surface area contributed by atoms with Crippen LogP contribution >= 0.6 is 0 Å². The zero-order valence-electron chi connectivity index (χ0n) is 14.7. The van der Waals surface area contributed by atoms with Crippen molar-refractivity contribution in [1.82, 2.24) is 14.7 Å². The molecule has 2 atom stereocenters. The summed E-state index contributed by atoms with van der Waals surface area (Å²) in [6.45, 7) is 4.86. The van der Waals surface area contributed by atoms with Gasteiger partial charge in [-0.05, 0) is 44.2 Å². The van der Waals surface area contributed by atoms with Gasteiger partial charge in [-0.3, -0.25) is 9.48 Å². The van der Waals surface area contributed by atoms with E-state index in [2.05, 4.69) is 43.2 Å². The molecular formula is C20H25N3O. The monoisotopic (exact) mass is 323 g/mol. The SMILES string of the molecule is CC(C)N(Cc1cnn(C)c1)C(=O)[C@H]1C[C@@]12CCc1ccccc12. The number of aromatic nitrogens is 2. The highest BCUT2D eigenvalue weighted by Gasteiger charge is 2.62. The Morgan fingerprint density at radius 3 is 2.92 bits per heavy atom. The van der Waals surface area contributed by atoms with Crippen molar-refractivity contribution in [3.8, 4) is 0 Å². The molecule has 126 valence electrons. The molecule has 4 heteroatoms. The molecular weight excluding hydrogens is 298 g/mol. The predicted octanol–water partition coefficient (Wildman–Crippen LogP) is 3.06. The van der Waals surface area contributed by atoms with Crippen LogP contribution in [-0.4, -0.2) is 26.6 Å². The van der Waals surface area contributed by atoms with Gasteiger partial charge in [0.1, 0.15) is 0 Å². The molecule has 0 unspecified atom stereocenters. The van der Waals surface area contributed by atoms with E-state index in [9.17, 15) is 4.79 Å². The lowest BCUT2D eigenvalue weighted by Gasteiger charge is -2.27. The summed E-state index contributed by atoms with van der Waals surface area (Å²) in [5.41, 5.74) is 4.08. The maximum Gasteiger partial charge on any atom is 0.227 e. The van der Waals surface area contributed by atoms with Crippen molar-refractivity contribution in [3.63, 3.8) is 0 Å². The molecule has 1 amide bonds. The fraction of sp³-hybridized carbons (Fsp3) is 0.500. The van der Waals surface area contributed by atoms with E-state index in [0.29, 0.717) is 12.5 Å². The molecule has 1 aromatic carbocycles. The topological polar surface area (TPSA) is 38.1 Å². The average Bonchev–Trinajstić information content (AvgIpc) is 2.97. The molecule has 2 aliphatic rings. The summed E-state index contributed by atoms with van der Waals surface area (Å²) in [6, 6.07) is 8.88. The second-order valence-corrected chi connectivity index (χ2v) is 7.65. The first-order chi connectivity index (χ1) is 11.5. The first-order valence-corrected chi connectivity index (χ1v) is 8.87. The van der Waals surface area contributed by atoms with Gasteiger partial charge in [0.2, 0.25) is 5.91 Å². The molecule has 2 aromatic rings. The van der Waals surface area contributed by atoms with E-state index in [1.54, 1.807) is 4.68 Å². The lowest BCUT2D eigenvalue weighted by molar-refractivity contribution is -0.135. The van der Waals surface area contributed by atoms with Gasteiger partial charge in [-0.25, -0.2) is 0 Å². The first kappa shape index (κ1) is 15.4. The van der Waals surface area contributed by atoms with Crippen LogP contribution in [0.25, 0.3) is 0 Å². The van der Waals surface area contributed by atoms with Crippen LogP contribution < -0.4 is 0 Å². The quantitative estimate of drug-likeness (QED) is 0.867. The average molecular weight is 323 g/mol. The van der Waals surface area contributed by atoms with Crippen LogP contribution in [0.2, 0.25) is 0 Å². The van der Waals surface area contributed by atoms with Crippen LogP contribution in [0.5, 0.6) is 0 Å². The first-order valence-electron chi connectivity index (χ1n) is 8.87. The summed E-state index contributed by atoms with van der Waals surface area (Å²) < 4.78 is 1.80. The molecule has 1 heterocycles. The minimum atomic E-state index is 0.121. The molecule has 0 aliphatic heterocycles. The molecule has 0 N–H and O–H groups in total.